The second kappa shape index (κ2) is 5.23. The number of benzene rings is 1. The molecule has 0 bridgehead atoms. The zero-order chi connectivity index (χ0) is 16.1. The number of imidazole rings is 1. The summed E-state index contributed by atoms with van der Waals surface area (Å²) >= 11 is 1.74. The average molecular weight is 317 g/mol. The highest BCUT2D eigenvalue weighted by Crippen LogP contribution is 2.44. The van der Waals surface area contributed by atoms with Crippen molar-refractivity contribution in [3.8, 4) is 5.75 Å². The molecule has 0 saturated heterocycles. The van der Waals surface area contributed by atoms with E-state index in [1.54, 1.807) is 11.8 Å². The molecular formula is C17H23N3OS. The summed E-state index contributed by atoms with van der Waals surface area (Å²) in [7, 11) is 2.01. The van der Waals surface area contributed by atoms with Gasteiger partial charge in [-0.2, -0.15) is 0 Å². The molecule has 1 aliphatic heterocycles. The zero-order valence-corrected chi connectivity index (χ0v) is 14.7. The van der Waals surface area contributed by atoms with Crippen LogP contribution < -0.4 is 10.5 Å². The summed E-state index contributed by atoms with van der Waals surface area (Å²) < 4.78 is 8.40. The molecule has 2 aromatic rings. The normalized spacial score (nSPS) is 20.0. The summed E-state index contributed by atoms with van der Waals surface area (Å²) in [4.78, 5) is 4.37. The fourth-order valence-corrected chi connectivity index (χ4v) is 4.00. The molecule has 1 atom stereocenters. The predicted octanol–water partition coefficient (Wildman–Crippen LogP) is 3.41. The Morgan fingerprint density at radius 1 is 1.32 bits per heavy atom. The topological polar surface area (TPSA) is 53.1 Å². The van der Waals surface area contributed by atoms with E-state index in [-0.39, 0.29) is 5.60 Å². The van der Waals surface area contributed by atoms with Gasteiger partial charge in [0.2, 0.25) is 0 Å². The lowest BCUT2D eigenvalue weighted by molar-refractivity contribution is 0.143. The van der Waals surface area contributed by atoms with Crippen molar-refractivity contribution >= 4 is 17.4 Å². The highest BCUT2D eigenvalue weighted by atomic mass is 32.2. The number of fused-ring (bicyclic) bond motifs is 1. The zero-order valence-electron chi connectivity index (χ0n) is 13.9. The smallest absolute Gasteiger partial charge is 0.167 e. The van der Waals surface area contributed by atoms with Gasteiger partial charge in [0.1, 0.15) is 11.4 Å². The maximum Gasteiger partial charge on any atom is 0.167 e. The van der Waals surface area contributed by atoms with E-state index in [9.17, 15) is 0 Å². The molecule has 1 aromatic carbocycles. The van der Waals surface area contributed by atoms with Crippen LogP contribution in [0, 0.1) is 20.8 Å². The van der Waals surface area contributed by atoms with E-state index in [1.807, 2.05) is 24.0 Å². The standard InChI is InChI=1S/C17H23N3OS/c1-10-11(2)15-13(12(3)14(10)18)8-17(4,21-15)9-22-16-19-6-7-20(16)5/h6-7H,8-9,18H2,1-5H3. The minimum Gasteiger partial charge on any atom is -0.486 e. The largest absolute Gasteiger partial charge is 0.486 e. The fourth-order valence-electron chi connectivity index (χ4n) is 3.01. The first-order valence-corrected chi connectivity index (χ1v) is 8.48. The SMILES string of the molecule is Cc1c(C)c2c(c(C)c1N)CC(C)(CSc1nccn1C)O2. The molecule has 0 radical (unpaired) electrons. The molecule has 118 valence electrons. The van der Waals surface area contributed by atoms with Crippen molar-refractivity contribution in [1.29, 1.82) is 0 Å². The second-order valence-corrected chi connectivity index (χ2v) is 7.38. The molecule has 4 nitrogen and oxygen atoms in total. The molecule has 5 heteroatoms. The van der Waals surface area contributed by atoms with Crippen LogP contribution in [0.1, 0.15) is 29.2 Å². The van der Waals surface area contributed by atoms with Crippen LogP contribution in [-0.2, 0) is 13.5 Å². The van der Waals surface area contributed by atoms with E-state index in [1.165, 1.54) is 16.7 Å². The molecule has 22 heavy (non-hydrogen) atoms. The Morgan fingerprint density at radius 3 is 2.68 bits per heavy atom. The number of nitrogens with zero attached hydrogens (tertiary/aromatic N) is 2. The van der Waals surface area contributed by atoms with Gasteiger partial charge < -0.3 is 15.0 Å². The first-order valence-electron chi connectivity index (χ1n) is 7.49. The number of nitrogens with two attached hydrogens (primary N) is 1. The second-order valence-electron chi connectivity index (χ2n) is 6.43. The van der Waals surface area contributed by atoms with Gasteiger partial charge in [0, 0.05) is 42.9 Å². The van der Waals surface area contributed by atoms with Crippen LogP contribution in [0.25, 0.3) is 0 Å². The molecule has 0 fully saturated rings. The van der Waals surface area contributed by atoms with Crippen LogP contribution in [0.4, 0.5) is 5.69 Å². The first kappa shape index (κ1) is 15.3. The molecule has 0 spiro atoms. The van der Waals surface area contributed by atoms with Crippen LogP contribution in [0.2, 0.25) is 0 Å². The van der Waals surface area contributed by atoms with Gasteiger partial charge in [0.05, 0.1) is 0 Å². The number of ether oxygens (including phenoxy) is 1. The molecule has 1 unspecified atom stereocenters. The van der Waals surface area contributed by atoms with Crippen LogP contribution >= 0.6 is 11.8 Å². The molecule has 1 aliphatic rings. The van der Waals surface area contributed by atoms with E-state index >= 15 is 0 Å². The number of thioether (sulfide) groups is 1. The number of aryl methyl sites for hydroxylation is 1. The van der Waals surface area contributed by atoms with Crippen LogP contribution in [0.5, 0.6) is 5.75 Å². The number of aromatic nitrogens is 2. The molecule has 1 aromatic heterocycles. The first-order chi connectivity index (χ1) is 10.3. The van der Waals surface area contributed by atoms with Crippen molar-refractivity contribution in [2.75, 3.05) is 11.5 Å². The van der Waals surface area contributed by atoms with Gasteiger partial charge in [-0.15, -0.1) is 0 Å². The average Bonchev–Trinajstić information content (AvgIpc) is 3.05. The van der Waals surface area contributed by atoms with Crippen LogP contribution in [0.3, 0.4) is 0 Å². The Kier molecular flexibility index (Phi) is 3.63. The minimum atomic E-state index is -0.214. The Hall–Kier alpha value is -1.62. The minimum absolute atomic E-state index is 0.214. The Morgan fingerprint density at radius 2 is 2.05 bits per heavy atom. The predicted molar refractivity (Wildman–Crippen MR) is 91.7 cm³/mol. The van der Waals surface area contributed by atoms with Gasteiger partial charge in [-0.3, -0.25) is 0 Å². The maximum absolute atomic E-state index is 6.37. The number of hydrogen-bond acceptors (Lipinski definition) is 4. The lowest BCUT2D eigenvalue weighted by Crippen LogP contribution is -2.33. The summed E-state index contributed by atoms with van der Waals surface area (Å²) in [6.07, 6.45) is 4.69. The van der Waals surface area contributed by atoms with Gasteiger partial charge in [0.15, 0.2) is 5.16 Å². The molecule has 0 amide bonds. The van der Waals surface area contributed by atoms with Gasteiger partial charge in [-0.1, -0.05) is 11.8 Å². The number of anilines is 1. The summed E-state index contributed by atoms with van der Waals surface area (Å²) in [6, 6.07) is 0. The molecule has 3 rings (SSSR count). The molecule has 0 saturated carbocycles. The van der Waals surface area contributed by atoms with E-state index in [0.29, 0.717) is 0 Å². The molecule has 2 heterocycles. The number of rotatable bonds is 3. The van der Waals surface area contributed by atoms with Gasteiger partial charge in [-0.05, 0) is 44.4 Å². The van der Waals surface area contributed by atoms with Crippen molar-refractivity contribution in [1.82, 2.24) is 9.55 Å². The summed E-state index contributed by atoms with van der Waals surface area (Å²) in [5, 5.41) is 1.02. The van der Waals surface area contributed by atoms with Crippen molar-refractivity contribution in [2.24, 2.45) is 7.05 Å². The van der Waals surface area contributed by atoms with E-state index in [0.717, 1.165) is 34.3 Å². The number of hydrogen-bond donors (Lipinski definition) is 1. The molecular weight excluding hydrogens is 294 g/mol. The third kappa shape index (κ3) is 2.37. The third-order valence-corrected chi connectivity index (χ3v) is 6.03. The van der Waals surface area contributed by atoms with E-state index in [2.05, 4.69) is 32.7 Å². The third-order valence-electron chi connectivity index (χ3n) is 4.62. The number of nitrogen functional groups attached to an aromatic ring is 1. The lowest BCUT2D eigenvalue weighted by Gasteiger charge is -2.23. The lowest BCUT2D eigenvalue weighted by atomic mass is 9.93. The van der Waals surface area contributed by atoms with Crippen LogP contribution in [0.15, 0.2) is 17.6 Å². The van der Waals surface area contributed by atoms with Gasteiger partial charge in [0.25, 0.3) is 0 Å². The van der Waals surface area contributed by atoms with Gasteiger partial charge >= 0.3 is 0 Å². The van der Waals surface area contributed by atoms with Crippen LogP contribution in [-0.4, -0.2) is 20.9 Å². The Labute approximate surface area is 136 Å². The molecule has 2 N–H and O–H groups in total. The Balaban J connectivity index is 1.85. The summed E-state index contributed by atoms with van der Waals surface area (Å²) in [5.74, 6) is 1.90. The van der Waals surface area contributed by atoms with Crippen molar-refractivity contribution in [2.45, 2.75) is 44.9 Å². The van der Waals surface area contributed by atoms with Crippen molar-refractivity contribution < 1.29 is 4.74 Å². The highest BCUT2D eigenvalue weighted by Gasteiger charge is 2.38. The van der Waals surface area contributed by atoms with E-state index < -0.39 is 0 Å². The highest BCUT2D eigenvalue weighted by molar-refractivity contribution is 7.99. The van der Waals surface area contributed by atoms with Gasteiger partial charge in [-0.25, -0.2) is 4.98 Å². The summed E-state index contributed by atoms with van der Waals surface area (Å²) in [6.45, 7) is 8.44. The van der Waals surface area contributed by atoms with Crippen molar-refractivity contribution in [3.63, 3.8) is 0 Å². The van der Waals surface area contributed by atoms with E-state index in [4.69, 9.17) is 10.5 Å². The monoisotopic (exact) mass is 317 g/mol. The quantitative estimate of drug-likeness (QED) is 0.696. The Bertz CT molecular complexity index is 699. The maximum atomic E-state index is 6.37. The van der Waals surface area contributed by atoms with Crippen molar-refractivity contribution in [3.05, 3.63) is 34.6 Å². The fraction of sp³-hybridized carbons (Fsp3) is 0.471. The summed E-state index contributed by atoms with van der Waals surface area (Å²) in [5.41, 5.74) is 11.7. The molecule has 0 aliphatic carbocycles.